The summed E-state index contributed by atoms with van der Waals surface area (Å²) in [6.07, 6.45) is 3.12. The van der Waals surface area contributed by atoms with Gasteiger partial charge in [-0.05, 0) is 30.4 Å². The van der Waals surface area contributed by atoms with Crippen molar-refractivity contribution in [2.45, 2.75) is 45.3 Å². The standard InChI is InChI=1S/C14H28N2O2S/c1-14(2,3)11-16(7-5-8-17)13(18)15-10-12-6-4-9-19-12/h12,17H,4-11H2,1-3H3,(H,15,18). The maximum atomic E-state index is 12.2. The summed E-state index contributed by atoms with van der Waals surface area (Å²) < 4.78 is 0. The normalized spacial score (nSPS) is 19.5. The predicted molar refractivity (Wildman–Crippen MR) is 81.6 cm³/mol. The molecule has 0 spiro atoms. The number of nitrogens with one attached hydrogen (secondary N) is 1. The fourth-order valence-electron chi connectivity index (χ4n) is 2.20. The molecule has 4 nitrogen and oxygen atoms in total. The molecular formula is C14H28N2O2S. The van der Waals surface area contributed by atoms with E-state index in [9.17, 15) is 4.79 Å². The smallest absolute Gasteiger partial charge is 0.317 e. The van der Waals surface area contributed by atoms with Crippen LogP contribution in [0.2, 0.25) is 0 Å². The van der Waals surface area contributed by atoms with Gasteiger partial charge in [-0.1, -0.05) is 20.8 Å². The quantitative estimate of drug-likeness (QED) is 0.788. The molecule has 0 aromatic carbocycles. The Morgan fingerprint density at radius 3 is 2.74 bits per heavy atom. The van der Waals surface area contributed by atoms with Gasteiger partial charge in [0.2, 0.25) is 0 Å². The van der Waals surface area contributed by atoms with Gasteiger partial charge in [-0.15, -0.1) is 0 Å². The number of urea groups is 1. The maximum Gasteiger partial charge on any atom is 0.317 e. The molecule has 1 atom stereocenters. The van der Waals surface area contributed by atoms with Crippen molar-refractivity contribution >= 4 is 17.8 Å². The summed E-state index contributed by atoms with van der Waals surface area (Å²) in [5.74, 6) is 1.22. The summed E-state index contributed by atoms with van der Waals surface area (Å²) in [6, 6.07) is 0.0101. The fraction of sp³-hybridized carbons (Fsp3) is 0.929. The van der Waals surface area contributed by atoms with Gasteiger partial charge in [-0.2, -0.15) is 11.8 Å². The summed E-state index contributed by atoms with van der Waals surface area (Å²) >= 11 is 1.95. The van der Waals surface area contributed by atoms with Crippen molar-refractivity contribution in [1.82, 2.24) is 10.2 Å². The first-order chi connectivity index (χ1) is 8.92. The minimum absolute atomic E-state index is 0.0101. The molecular weight excluding hydrogens is 260 g/mol. The molecule has 19 heavy (non-hydrogen) atoms. The van der Waals surface area contributed by atoms with Crippen LogP contribution in [-0.2, 0) is 0 Å². The van der Waals surface area contributed by atoms with Crippen LogP contribution in [0.1, 0.15) is 40.0 Å². The zero-order valence-corrected chi connectivity index (χ0v) is 13.3. The van der Waals surface area contributed by atoms with E-state index in [0.717, 1.165) is 13.1 Å². The Kier molecular flexibility index (Phi) is 7.00. The van der Waals surface area contributed by atoms with Gasteiger partial charge >= 0.3 is 6.03 Å². The number of thioether (sulfide) groups is 1. The molecule has 0 aliphatic carbocycles. The number of nitrogens with zero attached hydrogens (tertiary/aromatic N) is 1. The Bertz CT molecular complexity index is 273. The molecule has 5 heteroatoms. The second-order valence-corrected chi connectivity index (χ2v) is 7.79. The van der Waals surface area contributed by atoms with Crippen LogP contribution in [0.25, 0.3) is 0 Å². The lowest BCUT2D eigenvalue weighted by Crippen LogP contribution is -2.46. The summed E-state index contributed by atoms with van der Waals surface area (Å²) in [4.78, 5) is 14.0. The number of aliphatic hydroxyl groups excluding tert-OH is 1. The van der Waals surface area contributed by atoms with Crippen LogP contribution in [0.15, 0.2) is 0 Å². The van der Waals surface area contributed by atoms with E-state index in [2.05, 4.69) is 26.1 Å². The molecule has 0 aromatic heterocycles. The molecule has 0 radical (unpaired) electrons. The van der Waals surface area contributed by atoms with E-state index in [1.54, 1.807) is 0 Å². The molecule has 1 saturated heterocycles. The van der Waals surface area contributed by atoms with Crippen LogP contribution < -0.4 is 5.32 Å². The Morgan fingerprint density at radius 1 is 1.47 bits per heavy atom. The fourth-order valence-corrected chi connectivity index (χ4v) is 3.41. The van der Waals surface area contributed by atoms with Crippen LogP contribution in [-0.4, -0.2) is 53.3 Å². The molecule has 1 heterocycles. The number of amides is 2. The van der Waals surface area contributed by atoms with E-state index in [-0.39, 0.29) is 18.1 Å². The lowest BCUT2D eigenvalue weighted by Gasteiger charge is -2.30. The number of carbonyl (C=O) groups excluding carboxylic acids is 1. The molecule has 112 valence electrons. The van der Waals surface area contributed by atoms with E-state index in [1.165, 1.54) is 18.6 Å². The van der Waals surface area contributed by atoms with Crippen LogP contribution in [0.5, 0.6) is 0 Å². The zero-order chi connectivity index (χ0) is 14.3. The van der Waals surface area contributed by atoms with Gasteiger partial charge in [-0.25, -0.2) is 4.79 Å². The molecule has 1 aliphatic heterocycles. The van der Waals surface area contributed by atoms with Crippen LogP contribution >= 0.6 is 11.8 Å². The van der Waals surface area contributed by atoms with Gasteiger partial charge in [0, 0.05) is 31.5 Å². The van der Waals surface area contributed by atoms with Crippen molar-refractivity contribution in [2.24, 2.45) is 5.41 Å². The van der Waals surface area contributed by atoms with E-state index >= 15 is 0 Å². The number of hydrogen-bond acceptors (Lipinski definition) is 3. The highest BCUT2D eigenvalue weighted by Crippen LogP contribution is 2.25. The first-order valence-electron chi connectivity index (χ1n) is 7.17. The van der Waals surface area contributed by atoms with Crippen molar-refractivity contribution in [2.75, 3.05) is 32.0 Å². The number of rotatable bonds is 6. The highest BCUT2D eigenvalue weighted by atomic mass is 32.2. The molecule has 0 bridgehead atoms. The molecule has 0 aromatic rings. The topological polar surface area (TPSA) is 52.6 Å². The summed E-state index contributed by atoms with van der Waals surface area (Å²) in [7, 11) is 0. The number of carbonyl (C=O) groups is 1. The summed E-state index contributed by atoms with van der Waals surface area (Å²) in [5.41, 5.74) is 0.0783. The van der Waals surface area contributed by atoms with Crippen molar-refractivity contribution in [3.63, 3.8) is 0 Å². The summed E-state index contributed by atoms with van der Waals surface area (Å²) in [5, 5.41) is 12.6. The SMILES string of the molecule is CC(C)(C)CN(CCCO)C(=O)NCC1CCCS1. The molecule has 1 rings (SSSR count). The predicted octanol–water partition coefficient (Wildman–Crippen LogP) is 2.32. The van der Waals surface area contributed by atoms with Gasteiger partial charge in [0.25, 0.3) is 0 Å². The molecule has 2 N–H and O–H groups in total. The third-order valence-electron chi connectivity index (χ3n) is 3.04. The maximum absolute atomic E-state index is 12.2. The Hall–Kier alpha value is -0.420. The molecule has 2 amide bonds. The Labute approximate surface area is 121 Å². The van der Waals surface area contributed by atoms with Crippen LogP contribution in [0.3, 0.4) is 0 Å². The molecule has 1 fully saturated rings. The van der Waals surface area contributed by atoms with Crippen molar-refractivity contribution in [3.8, 4) is 0 Å². The third kappa shape index (κ3) is 7.06. The second-order valence-electron chi connectivity index (χ2n) is 6.38. The lowest BCUT2D eigenvalue weighted by molar-refractivity contribution is 0.165. The monoisotopic (exact) mass is 288 g/mol. The van der Waals surface area contributed by atoms with Crippen molar-refractivity contribution < 1.29 is 9.90 Å². The van der Waals surface area contributed by atoms with E-state index < -0.39 is 0 Å². The second kappa shape index (κ2) is 8.00. The molecule has 1 aliphatic rings. The van der Waals surface area contributed by atoms with Crippen LogP contribution in [0, 0.1) is 5.41 Å². The highest BCUT2D eigenvalue weighted by Gasteiger charge is 2.22. The van der Waals surface area contributed by atoms with Gasteiger partial charge < -0.3 is 15.3 Å². The number of aliphatic hydroxyl groups is 1. The highest BCUT2D eigenvalue weighted by molar-refractivity contribution is 8.00. The van der Waals surface area contributed by atoms with Gasteiger partial charge in [0.1, 0.15) is 0 Å². The van der Waals surface area contributed by atoms with E-state index in [0.29, 0.717) is 18.2 Å². The Morgan fingerprint density at radius 2 is 2.21 bits per heavy atom. The average Bonchev–Trinajstić information content (AvgIpc) is 2.83. The van der Waals surface area contributed by atoms with E-state index in [1.807, 2.05) is 16.7 Å². The van der Waals surface area contributed by atoms with Gasteiger partial charge in [0.05, 0.1) is 0 Å². The average molecular weight is 288 g/mol. The van der Waals surface area contributed by atoms with Crippen molar-refractivity contribution in [3.05, 3.63) is 0 Å². The minimum Gasteiger partial charge on any atom is -0.396 e. The van der Waals surface area contributed by atoms with Gasteiger partial charge in [-0.3, -0.25) is 0 Å². The Balaban J connectivity index is 2.40. The zero-order valence-electron chi connectivity index (χ0n) is 12.4. The lowest BCUT2D eigenvalue weighted by atomic mass is 9.96. The first-order valence-corrected chi connectivity index (χ1v) is 8.22. The van der Waals surface area contributed by atoms with Gasteiger partial charge in [0.15, 0.2) is 0 Å². The summed E-state index contributed by atoms with van der Waals surface area (Å²) in [6.45, 7) is 8.61. The number of hydrogen-bond donors (Lipinski definition) is 2. The minimum atomic E-state index is 0.0101. The van der Waals surface area contributed by atoms with Crippen molar-refractivity contribution in [1.29, 1.82) is 0 Å². The third-order valence-corrected chi connectivity index (χ3v) is 4.44. The molecule has 0 saturated carbocycles. The first kappa shape index (κ1) is 16.6. The van der Waals surface area contributed by atoms with E-state index in [4.69, 9.17) is 5.11 Å². The van der Waals surface area contributed by atoms with Crippen LogP contribution in [0.4, 0.5) is 4.79 Å². The molecule has 1 unspecified atom stereocenters. The largest absolute Gasteiger partial charge is 0.396 e.